The number of H-pyrrole nitrogens is 1. The fourth-order valence-corrected chi connectivity index (χ4v) is 2.75. The van der Waals surface area contributed by atoms with Gasteiger partial charge in [-0.2, -0.15) is 0 Å². The summed E-state index contributed by atoms with van der Waals surface area (Å²) in [6.07, 6.45) is 1.70. The van der Waals surface area contributed by atoms with Gasteiger partial charge < -0.3 is 15.6 Å². The molecule has 0 aliphatic heterocycles. The first-order chi connectivity index (χ1) is 12.1. The Morgan fingerprint density at radius 2 is 1.64 bits per heavy atom. The number of hydrogen-bond acceptors (Lipinski definition) is 3. The van der Waals surface area contributed by atoms with E-state index in [2.05, 4.69) is 34.7 Å². The summed E-state index contributed by atoms with van der Waals surface area (Å²) in [6, 6.07) is 21.5. The van der Waals surface area contributed by atoms with Crippen molar-refractivity contribution in [3.8, 4) is 0 Å². The van der Waals surface area contributed by atoms with Crippen LogP contribution in [0.2, 0.25) is 0 Å². The van der Waals surface area contributed by atoms with Gasteiger partial charge in [-0.3, -0.25) is 4.79 Å². The number of aromatic nitrogens is 1. The molecule has 126 valence electrons. The van der Waals surface area contributed by atoms with Crippen LogP contribution >= 0.6 is 12.2 Å². The van der Waals surface area contributed by atoms with Gasteiger partial charge in [-0.15, -0.1) is 0 Å². The van der Waals surface area contributed by atoms with E-state index in [1.54, 1.807) is 18.3 Å². The minimum atomic E-state index is -0.222. The number of carbonyl (C=O) groups excluding carboxylic acids is 1. The Morgan fingerprint density at radius 3 is 2.32 bits per heavy atom. The number of anilines is 2. The van der Waals surface area contributed by atoms with Crippen LogP contribution < -0.4 is 10.6 Å². The van der Waals surface area contributed by atoms with Crippen molar-refractivity contribution in [3.63, 3.8) is 0 Å². The fraction of sp³-hybridized carbons (Fsp3) is 0.100. The Labute approximate surface area is 151 Å². The maximum Gasteiger partial charge on any atom is 0.258 e. The molecule has 25 heavy (non-hydrogen) atoms. The number of nitrogens with one attached hydrogen (secondary N) is 3. The third-order valence-electron chi connectivity index (χ3n) is 3.89. The van der Waals surface area contributed by atoms with E-state index >= 15 is 0 Å². The number of amides is 1. The van der Waals surface area contributed by atoms with Gasteiger partial charge in [0.1, 0.15) is 4.64 Å². The molecule has 1 aromatic heterocycles. The molecule has 4 nitrogen and oxygen atoms in total. The van der Waals surface area contributed by atoms with E-state index in [4.69, 9.17) is 12.2 Å². The highest BCUT2D eigenvalue weighted by Gasteiger charge is 2.08. The second kappa shape index (κ2) is 7.77. The zero-order valence-electron chi connectivity index (χ0n) is 13.8. The smallest absolute Gasteiger partial charge is 0.258 e. The Kier molecular flexibility index (Phi) is 5.26. The lowest BCUT2D eigenvalue weighted by Gasteiger charge is -2.16. The SMILES string of the molecule is CC(Nc1ccc(NC(=O)c2ccc[nH]c2=S)cc1)c1ccccc1. The minimum absolute atomic E-state index is 0.198. The molecular weight excluding hydrogens is 330 g/mol. The first kappa shape index (κ1) is 16.9. The van der Waals surface area contributed by atoms with Gasteiger partial charge in [-0.25, -0.2) is 0 Å². The second-order valence-electron chi connectivity index (χ2n) is 5.72. The molecule has 3 rings (SSSR count). The van der Waals surface area contributed by atoms with Crippen LogP contribution in [0, 0.1) is 4.64 Å². The van der Waals surface area contributed by atoms with Crippen LogP contribution in [0.25, 0.3) is 0 Å². The highest BCUT2D eigenvalue weighted by atomic mass is 32.1. The lowest BCUT2D eigenvalue weighted by atomic mass is 10.1. The average Bonchev–Trinajstić information content (AvgIpc) is 2.64. The van der Waals surface area contributed by atoms with Gasteiger partial charge in [-0.1, -0.05) is 42.5 Å². The predicted molar refractivity (Wildman–Crippen MR) is 105 cm³/mol. The van der Waals surface area contributed by atoms with E-state index in [-0.39, 0.29) is 11.9 Å². The van der Waals surface area contributed by atoms with E-state index in [0.717, 1.165) is 11.4 Å². The first-order valence-corrected chi connectivity index (χ1v) is 8.45. The van der Waals surface area contributed by atoms with E-state index in [1.165, 1.54) is 5.56 Å². The molecule has 0 saturated carbocycles. The largest absolute Gasteiger partial charge is 0.379 e. The summed E-state index contributed by atoms with van der Waals surface area (Å²) >= 11 is 5.13. The topological polar surface area (TPSA) is 56.9 Å². The molecule has 1 heterocycles. The van der Waals surface area contributed by atoms with Crippen molar-refractivity contribution in [3.05, 3.63) is 88.7 Å². The third-order valence-corrected chi connectivity index (χ3v) is 4.23. The van der Waals surface area contributed by atoms with Gasteiger partial charge in [-0.05, 0) is 48.9 Å². The van der Waals surface area contributed by atoms with Crippen LogP contribution in [0.15, 0.2) is 72.9 Å². The summed E-state index contributed by atoms with van der Waals surface area (Å²) < 4.78 is 0.426. The Morgan fingerprint density at radius 1 is 0.960 bits per heavy atom. The summed E-state index contributed by atoms with van der Waals surface area (Å²) in [5, 5.41) is 6.30. The van der Waals surface area contributed by atoms with Crippen LogP contribution in [0.3, 0.4) is 0 Å². The number of aromatic amines is 1. The lowest BCUT2D eigenvalue weighted by molar-refractivity contribution is 0.102. The zero-order chi connectivity index (χ0) is 17.6. The van der Waals surface area contributed by atoms with Crippen molar-refractivity contribution in [1.29, 1.82) is 0 Å². The highest BCUT2D eigenvalue weighted by Crippen LogP contribution is 2.21. The van der Waals surface area contributed by atoms with Gasteiger partial charge in [0.25, 0.3) is 5.91 Å². The molecule has 1 atom stereocenters. The van der Waals surface area contributed by atoms with E-state index in [9.17, 15) is 4.79 Å². The maximum absolute atomic E-state index is 12.3. The summed E-state index contributed by atoms with van der Waals surface area (Å²) in [4.78, 5) is 15.1. The standard InChI is InChI=1S/C20H19N3OS/c1-14(15-6-3-2-4-7-15)22-16-9-11-17(12-10-16)23-19(24)18-8-5-13-21-20(18)25/h2-14,22H,1H3,(H,21,25)(H,23,24). The van der Waals surface area contributed by atoms with E-state index < -0.39 is 0 Å². The predicted octanol–water partition coefficient (Wildman–Crippen LogP) is 5.17. The fourth-order valence-electron chi connectivity index (χ4n) is 2.52. The Balaban J connectivity index is 1.65. The number of carbonyl (C=O) groups is 1. The van der Waals surface area contributed by atoms with Crippen molar-refractivity contribution in [2.24, 2.45) is 0 Å². The van der Waals surface area contributed by atoms with Crippen LogP contribution in [-0.4, -0.2) is 10.9 Å². The van der Waals surface area contributed by atoms with Crippen molar-refractivity contribution < 1.29 is 4.79 Å². The van der Waals surface area contributed by atoms with Gasteiger partial charge in [0.2, 0.25) is 0 Å². The van der Waals surface area contributed by atoms with E-state index in [0.29, 0.717) is 10.2 Å². The van der Waals surface area contributed by atoms with Crippen molar-refractivity contribution in [2.45, 2.75) is 13.0 Å². The van der Waals surface area contributed by atoms with Crippen LogP contribution in [-0.2, 0) is 0 Å². The lowest BCUT2D eigenvalue weighted by Crippen LogP contribution is -2.13. The zero-order valence-corrected chi connectivity index (χ0v) is 14.6. The first-order valence-electron chi connectivity index (χ1n) is 8.04. The molecule has 0 radical (unpaired) electrons. The molecule has 0 fully saturated rings. The second-order valence-corrected chi connectivity index (χ2v) is 6.13. The summed E-state index contributed by atoms with van der Waals surface area (Å²) in [7, 11) is 0. The molecular formula is C20H19N3OS. The van der Waals surface area contributed by atoms with Crippen molar-refractivity contribution in [1.82, 2.24) is 4.98 Å². The normalized spacial score (nSPS) is 11.6. The molecule has 0 aliphatic rings. The molecule has 0 saturated heterocycles. The molecule has 3 aromatic rings. The monoisotopic (exact) mass is 349 g/mol. The average molecular weight is 349 g/mol. The summed E-state index contributed by atoms with van der Waals surface area (Å²) in [5.41, 5.74) is 3.39. The van der Waals surface area contributed by atoms with E-state index in [1.807, 2.05) is 42.5 Å². The molecule has 2 aromatic carbocycles. The van der Waals surface area contributed by atoms with Crippen molar-refractivity contribution in [2.75, 3.05) is 10.6 Å². The molecule has 0 bridgehead atoms. The molecule has 1 amide bonds. The highest BCUT2D eigenvalue weighted by molar-refractivity contribution is 7.71. The van der Waals surface area contributed by atoms with Gasteiger partial charge >= 0.3 is 0 Å². The molecule has 0 aliphatic carbocycles. The summed E-state index contributed by atoms with van der Waals surface area (Å²) in [5.74, 6) is -0.222. The molecule has 3 N–H and O–H groups in total. The molecule has 1 unspecified atom stereocenters. The van der Waals surface area contributed by atoms with Crippen molar-refractivity contribution >= 4 is 29.5 Å². The van der Waals surface area contributed by atoms with Crippen LogP contribution in [0.5, 0.6) is 0 Å². The number of benzene rings is 2. The number of rotatable bonds is 5. The van der Waals surface area contributed by atoms with Gasteiger partial charge in [0.05, 0.1) is 5.56 Å². The minimum Gasteiger partial charge on any atom is -0.379 e. The molecule has 0 spiro atoms. The van der Waals surface area contributed by atoms with Crippen LogP contribution in [0.4, 0.5) is 11.4 Å². The number of hydrogen-bond donors (Lipinski definition) is 3. The van der Waals surface area contributed by atoms with Gasteiger partial charge in [0.15, 0.2) is 0 Å². The van der Waals surface area contributed by atoms with Gasteiger partial charge in [0, 0.05) is 23.6 Å². The van der Waals surface area contributed by atoms with Crippen LogP contribution in [0.1, 0.15) is 28.9 Å². The molecule has 5 heteroatoms. The quantitative estimate of drug-likeness (QED) is 0.557. The Bertz CT molecular complexity index is 904. The Hall–Kier alpha value is -2.92. The summed E-state index contributed by atoms with van der Waals surface area (Å²) in [6.45, 7) is 2.11. The number of pyridine rings is 1. The maximum atomic E-state index is 12.3. The third kappa shape index (κ3) is 4.33.